The standard InChI is InChI=1S/C27H32N4O6/c1-34-20-8-6-19(7-9-20)30-12-14-31(15-13-30)23(25-5-4-16-37-25)18-28-26(32)27(33)29-22-17-21(35-2)10-11-24(22)36-3/h4-11,16-17,23H,12-15,18H2,1-3H3,(H,28,32)(H,29,33). The highest BCUT2D eigenvalue weighted by Gasteiger charge is 2.28. The quantitative estimate of drug-likeness (QED) is 0.425. The second kappa shape index (κ2) is 12.2. The number of nitrogens with zero attached hydrogens (tertiary/aromatic N) is 2. The first-order valence-electron chi connectivity index (χ1n) is 12.0. The molecule has 0 aliphatic carbocycles. The molecule has 4 rings (SSSR count). The fourth-order valence-corrected chi connectivity index (χ4v) is 4.34. The maximum atomic E-state index is 12.7. The van der Waals surface area contributed by atoms with Gasteiger partial charge in [-0.2, -0.15) is 0 Å². The van der Waals surface area contributed by atoms with Crippen LogP contribution in [0.4, 0.5) is 11.4 Å². The average molecular weight is 509 g/mol. The Hall–Kier alpha value is -4.18. The van der Waals surface area contributed by atoms with E-state index in [1.165, 1.54) is 14.2 Å². The van der Waals surface area contributed by atoms with Gasteiger partial charge in [-0.15, -0.1) is 0 Å². The zero-order valence-corrected chi connectivity index (χ0v) is 21.2. The number of amides is 2. The van der Waals surface area contributed by atoms with Gasteiger partial charge in [0.05, 0.1) is 39.3 Å². The molecule has 2 aromatic carbocycles. The van der Waals surface area contributed by atoms with Crippen LogP contribution < -0.4 is 29.7 Å². The first kappa shape index (κ1) is 25.9. The van der Waals surface area contributed by atoms with Crippen LogP contribution in [0.25, 0.3) is 0 Å². The number of benzene rings is 2. The molecule has 1 aliphatic heterocycles. The summed E-state index contributed by atoms with van der Waals surface area (Å²) in [6, 6.07) is 16.5. The summed E-state index contributed by atoms with van der Waals surface area (Å²) in [7, 11) is 4.66. The lowest BCUT2D eigenvalue weighted by molar-refractivity contribution is -0.136. The van der Waals surface area contributed by atoms with E-state index < -0.39 is 11.8 Å². The maximum absolute atomic E-state index is 12.7. The SMILES string of the molecule is COc1ccc(N2CCN(C(CNC(=O)C(=O)Nc3cc(OC)ccc3OC)c3ccco3)CC2)cc1. The monoisotopic (exact) mass is 508 g/mol. The molecule has 2 N–H and O–H groups in total. The van der Waals surface area contributed by atoms with E-state index in [2.05, 4.69) is 32.6 Å². The lowest BCUT2D eigenvalue weighted by atomic mass is 10.1. The molecule has 0 saturated carbocycles. The number of carbonyl (C=O) groups is 2. The van der Waals surface area contributed by atoms with Gasteiger partial charge in [-0.3, -0.25) is 14.5 Å². The van der Waals surface area contributed by atoms with Gasteiger partial charge >= 0.3 is 11.8 Å². The van der Waals surface area contributed by atoms with Gasteiger partial charge in [0.2, 0.25) is 0 Å². The summed E-state index contributed by atoms with van der Waals surface area (Å²) in [4.78, 5) is 29.9. The summed E-state index contributed by atoms with van der Waals surface area (Å²) in [5.41, 5.74) is 1.48. The van der Waals surface area contributed by atoms with Crippen LogP contribution in [0.15, 0.2) is 65.3 Å². The molecular weight excluding hydrogens is 476 g/mol. The van der Waals surface area contributed by atoms with Crippen LogP contribution in [0, 0.1) is 0 Å². The lowest BCUT2D eigenvalue weighted by Gasteiger charge is -2.39. The Kier molecular flexibility index (Phi) is 8.52. The Morgan fingerprint density at radius 1 is 0.892 bits per heavy atom. The van der Waals surface area contributed by atoms with Crippen molar-refractivity contribution in [1.29, 1.82) is 0 Å². The Bertz CT molecular complexity index is 1170. The zero-order valence-electron chi connectivity index (χ0n) is 21.2. The van der Waals surface area contributed by atoms with Crippen molar-refractivity contribution in [2.75, 3.05) is 64.3 Å². The summed E-state index contributed by atoms with van der Waals surface area (Å²) < 4.78 is 21.4. The van der Waals surface area contributed by atoms with E-state index in [1.807, 2.05) is 24.3 Å². The van der Waals surface area contributed by atoms with E-state index in [0.29, 0.717) is 17.2 Å². The van der Waals surface area contributed by atoms with Gasteiger partial charge in [-0.1, -0.05) is 0 Å². The van der Waals surface area contributed by atoms with Crippen LogP contribution in [0.3, 0.4) is 0 Å². The van der Waals surface area contributed by atoms with Gasteiger partial charge in [-0.05, 0) is 48.5 Å². The average Bonchev–Trinajstić information content (AvgIpc) is 3.48. The molecule has 2 heterocycles. The predicted octanol–water partition coefficient (Wildman–Crippen LogP) is 2.92. The van der Waals surface area contributed by atoms with E-state index in [1.54, 1.807) is 31.6 Å². The van der Waals surface area contributed by atoms with E-state index in [-0.39, 0.29) is 12.6 Å². The first-order chi connectivity index (χ1) is 18.0. The molecule has 10 heteroatoms. The van der Waals surface area contributed by atoms with E-state index in [4.69, 9.17) is 18.6 Å². The summed E-state index contributed by atoms with van der Waals surface area (Å²) in [5.74, 6) is 0.957. The van der Waals surface area contributed by atoms with Gasteiger partial charge in [0.25, 0.3) is 0 Å². The third kappa shape index (κ3) is 6.34. The third-order valence-corrected chi connectivity index (χ3v) is 6.38. The van der Waals surface area contributed by atoms with Crippen LogP contribution in [-0.4, -0.2) is 70.8 Å². The Labute approximate surface area is 216 Å². The number of nitrogens with one attached hydrogen (secondary N) is 2. The molecule has 0 spiro atoms. The van der Waals surface area contributed by atoms with Crippen molar-refractivity contribution in [3.63, 3.8) is 0 Å². The summed E-state index contributed by atoms with van der Waals surface area (Å²) in [6.07, 6.45) is 1.61. The molecule has 1 atom stereocenters. The highest BCUT2D eigenvalue weighted by molar-refractivity contribution is 6.39. The fraction of sp³-hybridized carbons (Fsp3) is 0.333. The van der Waals surface area contributed by atoms with Gasteiger partial charge in [0.15, 0.2) is 0 Å². The summed E-state index contributed by atoms with van der Waals surface area (Å²) in [6.45, 7) is 3.37. The Morgan fingerprint density at radius 2 is 1.59 bits per heavy atom. The van der Waals surface area contributed by atoms with Crippen molar-refractivity contribution in [3.05, 3.63) is 66.6 Å². The van der Waals surface area contributed by atoms with Crippen molar-refractivity contribution < 1.29 is 28.2 Å². The maximum Gasteiger partial charge on any atom is 0.313 e. The Morgan fingerprint density at radius 3 is 2.22 bits per heavy atom. The highest BCUT2D eigenvalue weighted by Crippen LogP contribution is 2.29. The van der Waals surface area contributed by atoms with E-state index >= 15 is 0 Å². The molecule has 10 nitrogen and oxygen atoms in total. The number of ether oxygens (including phenoxy) is 3. The molecule has 1 fully saturated rings. The van der Waals surface area contributed by atoms with E-state index in [0.717, 1.165) is 43.4 Å². The molecule has 0 bridgehead atoms. The number of hydrogen-bond donors (Lipinski definition) is 2. The minimum absolute atomic E-state index is 0.212. The largest absolute Gasteiger partial charge is 0.497 e. The molecule has 1 saturated heterocycles. The fourth-order valence-electron chi connectivity index (χ4n) is 4.34. The molecular formula is C27H32N4O6. The zero-order chi connectivity index (χ0) is 26.2. The minimum Gasteiger partial charge on any atom is -0.497 e. The number of carbonyl (C=O) groups excluding carboxylic acids is 2. The molecule has 37 heavy (non-hydrogen) atoms. The van der Waals surface area contributed by atoms with Crippen molar-refractivity contribution in [2.45, 2.75) is 6.04 Å². The molecule has 1 unspecified atom stereocenters. The summed E-state index contributed by atoms with van der Waals surface area (Å²) >= 11 is 0. The molecule has 196 valence electrons. The predicted molar refractivity (Wildman–Crippen MR) is 139 cm³/mol. The van der Waals surface area contributed by atoms with Gasteiger partial charge in [0.1, 0.15) is 23.0 Å². The van der Waals surface area contributed by atoms with Crippen LogP contribution in [-0.2, 0) is 9.59 Å². The minimum atomic E-state index is -0.797. The van der Waals surface area contributed by atoms with Crippen molar-refractivity contribution >= 4 is 23.2 Å². The number of anilines is 2. The lowest BCUT2D eigenvalue weighted by Crippen LogP contribution is -2.50. The van der Waals surface area contributed by atoms with Crippen LogP contribution in [0.5, 0.6) is 17.2 Å². The number of furan rings is 1. The molecule has 3 aromatic rings. The van der Waals surface area contributed by atoms with Crippen molar-refractivity contribution in [1.82, 2.24) is 10.2 Å². The van der Waals surface area contributed by atoms with Crippen molar-refractivity contribution in [2.24, 2.45) is 0 Å². The van der Waals surface area contributed by atoms with Crippen LogP contribution in [0.1, 0.15) is 11.8 Å². The molecule has 0 radical (unpaired) electrons. The second-order valence-corrected chi connectivity index (χ2v) is 8.48. The van der Waals surface area contributed by atoms with Crippen LogP contribution in [0.2, 0.25) is 0 Å². The van der Waals surface area contributed by atoms with Crippen molar-refractivity contribution in [3.8, 4) is 17.2 Å². The Balaban J connectivity index is 1.37. The van der Waals surface area contributed by atoms with Crippen LogP contribution >= 0.6 is 0 Å². The first-order valence-corrected chi connectivity index (χ1v) is 12.0. The third-order valence-electron chi connectivity index (χ3n) is 6.38. The summed E-state index contributed by atoms with van der Waals surface area (Å²) in [5, 5.41) is 5.36. The normalized spacial score (nSPS) is 14.5. The number of methoxy groups -OCH3 is 3. The molecule has 2 amide bonds. The highest BCUT2D eigenvalue weighted by atomic mass is 16.5. The molecule has 1 aliphatic rings. The van der Waals surface area contributed by atoms with Gasteiger partial charge in [0, 0.05) is 44.5 Å². The topological polar surface area (TPSA) is 106 Å². The van der Waals surface area contributed by atoms with E-state index in [9.17, 15) is 9.59 Å². The van der Waals surface area contributed by atoms with Gasteiger partial charge in [-0.25, -0.2) is 0 Å². The molecule has 1 aromatic heterocycles. The second-order valence-electron chi connectivity index (χ2n) is 8.48. The smallest absolute Gasteiger partial charge is 0.313 e. The number of rotatable bonds is 9. The van der Waals surface area contributed by atoms with Gasteiger partial charge < -0.3 is 34.2 Å². The number of piperazine rings is 1. The number of hydrogen-bond acceptors (Lipinski definition) is 8.